The van der Waals surface area contributed by atoms with E-state index in [9.17, 15) is 17.5 Å². The van der Waals surface area contributed by atoms with Crippen LogP contribution in [0.5, 0.6) is 11.5 Å². The minimum atomic E-state index is -4.02. The van der Waals surface area contributed by atoms with E-state index in [4.69, 9.17) is 41.5 Å². The van der Waals surface area contributed by atoms with Crippen LogP contribution >= 0.6 is 57.7 Å². The number of halogens is 3. The van der Waals surface area contributed by atoms with Gasteiger partial charge in [0.05, 0.1) is 50.8 Å². The number of hydrogen-bond acceptors (Lipinski definition) is 25. The summed E-state index contributed by atoms with van der Waals surface area (Å²) in [5.41, 5.74) is 16.8. The van der Waals surface area contributed by atoms with Crippen LogP contribution in [0.1, 0.15) is 76.0 Å². The highest BCUT2D eigenvalue weighted by atomic mass is 79.9. The number of aryl methyl sites for hydroxylation is 5. The van der Waals surface area contributed by atoms with Gasteiger partial charge in [0, 0.05) is 169 Å². The van der Waals surface area contributed by atoms with E-state index >= 15 is 0 Å². The van der Waals surface area contributed by atoms with Gasteiger partial charge in [-0.2, -0.15) is 28.6 Å². The van der Waals surface area contributed by atoms with Crippen LogP contribution in [0.4, 0.5) is 51.7 Å². The number of likely N-dealkylation sites (N-methyl/N-ethyl adjacent to an activating group) is 2. The number of methoxy groups -OCH3 is 2. The standard InChI is InChI=1S/C34H46BrN10O2P.C19H32N4O.C15H15BrClN6OP.C7H8O3S.C4H10O/c1-7-23-18-28(30(47-4)20-29(23)45-12-10-25(11-13-45)44-16-14-42(2)15-17-44)40-34-36-21-26(35)32(41-34)39-27-9-8-24(19-31(27)48(5,6)46)33-37-22-38-43(33)3;1-4-15-13-17(20)19(24-3)14-18(15)23-7-5-16(6-8-23)22-11-9-21(2)10-12-22;1-23-14(19-8-20-23)9-4-5-11(12(6-9)25(2,3)24)21-13-10(16)7-18-15(17)22-13;1-6-2-4-7(5-3-6)11(8,9)10;1-2-3-4-5/h8-9,18-22,25H,7,10-17H2,1-6H3,(H2,36,39,40,41);13-14,16H,4-12,20H2,1-3H3;4-8H,1-3H3,(H,18,21,22);2-5H,1H3,(H,8,9,10);5H,2-4H2,1H3. The molecule has 4 aromatic heterocycles. The molecule has 0 radical (unpaired) electrons. The summed E-state index contributed by atoms with van der Waals surface area (Å²) in [6.45, 7) is 29.4. The number of nitrogens with two attached hydrogens (primary N) is 1. The lowest BCUT2D eigenvalue weighted by Gasteiger charge is -2.43. The van der Waals surface area contributed by atoms with Crippen molar-refractivity contribution in [2.75, 3.05) is 172 Å². The lowest BCUT2D eigenvalue weighted by molar-refractivity contribution is 0.0982. The molecule has 0 aliphatic carbocycles. The van der Waals surface area contributed by atoms with E-state index in [1.54, 1.807) is 74.8 Å². The predicted octanol–water partition coefficient (Wildman–Crippen LogP) is 13.3. The van der Waals surface area contributed by atoms with Crippen LogP contribution in [-0.4, -0.2) is 239 Å². The Labute approximate surface area is 688 Å². The molecule has 13 rings (SSSR count). The molecule has 612 valence electrons. The van der Waals surface area contributed by atoms with E-state index in [1.807, 2.05) is 57.4 Å². The van der Waals surface area contributed by atoms with E-state index in [0.29, 0.717) is 72.8 Å². The molecular weight excluding hydrogens is 1650 g/mol. The largest absolute Gasteiger partial charge is 0.495 e. The Morgan fingerprint density at radius 3 is 1.42 bits per heavy atom. The number of piperidine rings is 2. The molecule has 0 amide bonds. The third-order valence-corrected chi connectivity index (χ3v) is 25.7. The normalized spacial score (nSPS) is 15.6. The molecule has 0 bridgehead atoms. The summed E-state index contributed by atoms with van der Waals surface area (Å²) < 4.78 is 71.9. The highest BCUT2D eigenvalue weighted by Crippen LogP contribution is 2.43. The van der Waals surface area contributed by atoms with Crippen molar-refractivity contribution in [1.29, 1.82) is 0 Å². The van der Waals surface area contributed by atoms with E-state index < -0.39 is 24.4 Å². The molecule has 34 heteroatoms. The molecule has 8 heterocycles. The third kappa shape index (κ3) is 24.7. The van der Waals surface area contributed by atoms with Crippen molar-refractivity contribution < 1.29 is 36.7 Å². The molecule has 4 saturated heterocycles. The highest BCUT2D eigenvalue weighted by Gasteiger charge is 2.31. The fourth-order valence-electron chi connectivity index (χ4n) is 13.9. The van der Waals surface area contributed by atoms with Gasteiger partial charge in [-0.1, -0.05) is 44.9 Å². The number of aliphatic hydroxyl groups excluding tert-OH is 1. The molecule has 4 aliphatic rings. The van der Waals surface area contributed by atoms with Gasteiger partial charge in [0.15, 0.2) is 11.6 Å². The number of nitrogen functional groups attached to an aromatic ring is 1. The van der Waals surface area contributed by atoms with Gasteiger partial charge in [-0.05, 0) is 208 Å². The SMILES string of the molecule is CCCCO.CCc1cc(N)c(OC)cc1N1CCC(N2CCN(C)CC2)CC1.CCc1cc(Nc2ncc(Br)c(Nc3ccc(-c4ncnn4C)cc3P(C)(C)=O)n2)c(OC)cc1N1CCC(N2CCN(C)CC2)CC1.Cc1ccc(S(=O)(=O)O)cc1.Cn1ncnc1-c1ccc(Nc2nc(Cl)ncc2Br)c(P(C)(C)=O)c1. The van der Waals surface area contributed by atoms with Gasteiger partial charge in [-0.25, -0.2) is 29.3 Å². The van der Waals surface area contributed by atoms with Crippen LogP contribution < -0.4 is 51.6 Å². The van der Waals surface area contributed by atoms with Crippen LogP contribution in [0.25, 0.3) is 22.8 Å². The summed E-state index contributed by atoms with van der Waals surface area (Å²) >= 11 is 12.8. The predicted molar refractivity (Wildman–Crippen MR) is 466 cm³/mol. The number of anilines is 9. The average Bonchev–Trinajstić information content (AvgIpc) is 1.77. The molecule has 28 nitrogen and oxygen atoms in total. The van der Waals surface area contributed by atoms with Crippen molar-refractivity contribution in [3.63, 3.8) is 0 Å². The Hall–Kier alpha value is -7.64. The average molecular weight is 1760 g/mol. The molecular formula is C79H111Br2ClN20O8P2S. The number of hydrogen-bond donors (Lipinski definition) is 6. The summed E-state index contributed by atoms with van der Waals surface area (Å²) in [4.78, 5) is 41.2. The third-order valence-electron chi connectivity index (χ3n) is 20.4. The molecule has 7 N–H and O–H groups in total. The number of unbranched alkanes of at least 4 members (excludes halogenated alkanes) is 1. The first-order valence-corrected chi connectivity index (χ1v) is 46.7. The van der Waals surface area contributed by atoms with Crippen molar-refractivity contribution in [3.05, 3.63) is 141 Å². The van der Waals surface area contributed by atoms with Gasteiger partial charge in [0.1, 0.15) is 50.1 Å². The number of benzene rings is 5. The number of piperazine rings is 2. The van der Waals surface area contributed by atoms with Crippen LogP contribution in [0, 0.1) is 6.92 Å². The molecule has 0 unspecified atom stereocenters. The zero-order valence-electron chi connectivity index (χ0n) is 67.4. The molecule has 0 saturated carbocycles. The molecule has 4 aliphatic heterocycles. The fraction of sp³-hybridized carbons (Fsp3) is 0.468. The number of aromatic nitrogens is 10. The molecule has 9 aromatic rings. The quantitative estimate of drug-likeness (QED) is 0.0168. The summed E-state index contributed by atoms with van der Waals surface area (Å²) in [5.74, 6) is 4.40. The van der Waals surface area contributed by atoms with E-state index in [1.165, 1.54) is 112 Å². The van der Waals surface area contributed by atoms with Gasteiger partial charge >= 0.3 is 0 Å². The lowest BCUT2D eigenvalue weighted by Crippen LogP contribution is -2.52. The molecule has 4 fully saturated rings. The van der Waals surface area contributed by atoms with Gasteiger partial charge < -0.3 is 65.0 Å². The Balaban J connectivity index is 0.000000189. The van der Waals surface area contributed by atoms with E-state index in [0.717, 1.165) is 111 Å². The Morgan fingerprint density at radius 1 is 0.575 bits per heavy atom. The highest BCUT2D eigenvalue weighted by molar-refractivity contribution is 9.11. The zero-order valence-corrected chi connectivity index (χ0v) is 73.9. The summed E-state index contributed by atoms with van der Waals surface area (Å²) in [5, 5.41) is 27.8. The minimum absolute atomic E-state index is 0.0666. The maximum absolute atomic E-state index is 13.4. The monoisotopic (exact) mass is 1750 g/mol. The Bertz CT molecular complexity index is 4830. The van der Waals surface area contributed by atoms with Gasteiger partial charge in [0.2, 0.25) is 11.2 Å². The molecule has 5 aromatic carbocycles. The van der Waals surface area contributed by atoms with Gasteiger partial charge in [-0.3, -0.25) is 14.4 Å². The molecule has 0 spiro atoms. The Morgan fingerprint density at radius 2 is 1.02 bits per heavy atom. The number of aliphatic hydroxyl groups is 1. The zero-order chi connectivity index (χ0) is 81.9. The smallest absolute Gasteiger partial charge is 0.294 e. The summed E-state index contributed by atoms with van der Waals surface area (Å²) in [6.07, 6.45) is 15.0. The second kappa shape index (κ2) is 41.3. The van der Waals surface area contributed by atoms with E-state index in [-0.39, 0.29) is 10.2 Å². The van der Waals surface area contributed by atoms with Crippen LogP contribution in [0.2, 0.25) is 5.28 Å². The first-order valence-electron chi connectivity index (χ1n) is 38.1. The van der Waals surface area contributed by atoms with E-state index in [2.05, 4.69) is 171 Å². The van der Waals surface area contributed by atoms with Crippen molar-refractivity contribution in [3.8, 4) is 34.3 Å². The Kier molecular flexibility index (Phi) is 32.6. The molecule has 113 heavy (non-hydrogen) atoms. The second-order valence-corrected chi connectivity index (χ2v) is 39.1. The minimum Gasteiger partial charge on any atom is -0.495 e. The maximum atomic E-state index is 13.4. The molecule has 0 atom stereocenters. The summed E-state index contributed by atoms with van der Waals surface area (Å²) in [7, 11) is 2.20. The lowest BCUT2D eigenvalue weighted by atomic mass is 9.99. The number of nitrogens with zero attached hydrogens (tertiary/aromatic N) is 16. The number of rotatable bonds is 21. The van der Waals surface area contributed by atoms with Crippen molar-refractivity contribution in [2.24, 2.45) is 14.1 Å². The van der Waals surface area contributed by atoms with Gasteiger partial charge in [0.25, 0.3) is 10.1 Å². The number of nitrogens with one attached hydrogen (secondary N) is 3. The first-order chi connectivity index (χ1) is 53.8. The van der Waals surface area contributed by atoms with Crippen molar-refractivity contribution >= 4 is 130 Å². The second-order valence-electron chi connectivity index (χ2n) is 29.3. The number of ether oxygens (including phenoxy) is 2. The van der Waals surface area contributed by atoms with Crippen molar-refractivity contribution in [1.82, 2.24) is 69.1 Å². The van der Waals surface area contributed by atoms with Gasteiger partial charge in [-0.15, -0.1) is 0 Å². The fourth-order valence-corrected chi connectivity index (χ4v) is 17.4. The van der Waals surface area contributed by atoms with Crippen LogP contribution in [-0.2, 0) is 46.2 Å². The van der Waals surface area contributed by atoms with Crippen molar-refractivity contribution in [2.45, 2.75) is 96.0 Å². The maximum Gasteiger partial charge on any atom is 0.294 e. The summed E-state index contributed by atoms with van der Waals surface area (Å²) in [6, 6.07) is 27.3. The topological polar surface area (TPSA) is 322 Å². The first kappa shape index (κ1) is 89.3. The van der Waals surface area contributed by atoms with Crippen LogP contribution in [0.15, 0.2) is 124 Å². The van der Waals surface area contributed by atoms with Crippen LogP contribution in [0.3, 0.4) is 0 Å².